The number of nitrogens with zero attached hydrogens (tertiary/aromatic N) is 1. The van der Waals surface area contributed by atoms with Gasteiger partial charge >= 0.3 is 0 Å². The van der Waals surface area contributed by atoms with Crippen LogP contribution in [0.3, 0.4) is 0 Å². The summed E-state index contributed by atoms with van der Waals surface area (Å²) >= 11 is 2.11. The molecule has 0 radical (unpaired) electrons. The van der Waals surface area contributed by atoms with Gasteiger partial charge in [0, 0.05) is 17.8 Å². The number of aromatic hydroxyl groups is 1. The molecule has 62 valence electrons. The first kappa shape index (κ1) is 7.66. The number of hydrogen-bond donors (Lipinski definition) is 3. The van der Waals surface area contributed by atoms with Gasteiger partial charge in [0.15, 0.2) is 0 Å². The SMILES string of the molecule is Nc1cc(O)cc2n[nH]c(I)c12. The quantitative estimate of drug-likeness (QED) is 0.503. The maximum absolute atomic E-state index is 9.18. The summed E-state index contributed by atoms with van der Waals surface area (Å²) in [5, 5.41) is 16.8. The van der Waals surface area contributed by atoms with Gasteiger partial charge in [-0.1, -0.05) is 0 Å². The second-order valence-corrected chi connectivity index (χ2v) is 3.55. The molecule has 4 N–H and O–H groups in total. The molecule has 0 fully saturated rings. The molecule has 1 heterocycles. The number of halogens is 1. The lowest BCUT2D eigenvalue weighted by atomic mass is 10.2. The van der Waals surface area contributed by atoms with Crippen molar-refractivity contribution in [3.63, 3.8) is 0 Å². The molecule has 0 atom stereocenters. The number of fused-ring (bicyclic) bond motifs is 1. The molecule has 0 bridgehead atoms. The minimum absolute atomic E-state index is 0.142. The van der Waals surface area contributed by atoms with Gasteiger partial charge < -0.3 is 10.8 Å². The Kier molecular flexibility index (Phi) is 1.60. The first-order valence-corrected chi connectivity index (χ1v) is 4.38. The first-order chi connectivity index (χ1) is 5.68. The van der Waals surface area contributed by atoms with Crippen LogP contribution in [0.25, 0.3) is 10.9 Å². The third kappa shape index (κ3) is 1.01. The lowest BCUT2D eigenvalue weighted by Crippen LogP contribution is -1.85. The molecule has 0 aliphatic carbocycles. The fourth-order valence-corrected chi connectivity index (χ4v) is 1.83. The Balaban J connectivity index is 2.93. The zero-order chi connectivity index (χ0) is 8.72. The topological polar surface area (TPSA) is 74.9 Å². The van der Waals surface area contributed by atoms with Gasteiger partial charge in [-0.3, -0.25) is 5.10 Å². The summed E-state index contributed by atoms with van der Waals surface area (Å²) in [6.45, 7) is 0. The molecule has 0 saturated heterocycles. The Morgan fingerprint density at radius 3 is 3.00 bits per heavy atom. The van der Waals surface area contributed by atoms with Crippen LogP contribution in [0.2, 0.25) is 0 Å². The standard InChI is InChI=1S/C7H6IN3O/c8-7-6-4(9)1-3(12)2-5(6)10-11-7/h1-2,12H,9H2,(H,10,11). The van der Waals surface area contributed by atoms with E-state index in [1.165, 1.54) is 6.07 Å². The number of nitrogens with two attached hydrogens (primary N) is 1. The fourth-order valence-electron chi connectivity index (χ4n) is 1.13. The number of anilines is 1. The van der Waals surface area contributed by atoms with Gasteiger partial charge in [-0.15, -0.1) is 0 Å². The molecular formula is C7H6IN3O. The Morgan fingerprint density at radius 1 is 1.50 bits per heavy atom. The summed E-state index contributed by atoms with van der Waals surface area (Å²) in [5.74, 6) is 0.142. The summed E-state index contributed by atoms with van der Waals surface area (Å²) in [5.41, 5.74) is 6.91. The molecule has 5 heteroatoms. The van der Waals surface area contributed by atoms with E-state index in [0.717, 1.165) is 9.09 Å². The molecule has 0 aliphatic heterocycles. The average Bonchev–Trinajstić information content (AvgIpc) is 2.31. The van der Waals surface area contributed by atoms with Crippen molar-refractivity contribution < 1.29 is 5.11 Å². The molecule has 0 saturated carbocycles. The molecule has 2 aromatic rings. The third-order valence-corrected chi connectivity index (χ3v) is 2.41. The van der Waals surface area contributed by atoms with E-state index >= 15 is 0 Å². The van der Waals surface area contributed by atoms with Crippen LogP contribution in [0.15, 0.2) is 12.1 Å². The number of phenols is 1. The minimum atomic E-state index is 0.142. The second kappa shape index (κ2) is 2.51. The van der Waals surface area contributed by atoms with Crippen LogP contribution in [0.4, 0.5) is 5.69 Å². The van der Waals surface area contributed by atoms with E-state index in [4.69, 9.17) is 5.73 Å². The highest BCUT2D eigenvalue weighted by Gasteiger charge is 2.06. The van der Waals surface area contributed by atoms with Crippen LogP contribution in [0.1, 0.15) is 0 Å². The van der Waals surface area contributed by atoms with E-state index in [1.807, 2.05) is 0 Å². The molecule has 1 aromatic heterocycles. The van der Waals surface area contributed by atoms with Crippen molar-refractivity contribution in [2.75, 3.05) is 5.73 Å². The van der Waals surface area contributed by atoms with Crippen LogP contribution in [-0.2, 0) is 0 Å². The summed E-state index contributed by atoms with van der Waals surface area (Å²) in [7, 11) is 0. The lowest BCUT2D eigenvalue weighted by molar-refractivity contribution is 0.476. The highest BCUT2D eigenvalue weighted by Crippen LogP contribution is 2.28. The summed E-state index contributed by atoms with van der Waals surface area (Å²) in [4.78, 5) is 0. The van der Waals surface area contributed by atoms with E-state index in [2.05, 4.69) is 32.8 Å². The first-order valence-electron chi connectivity index (χ1n) is 3.30. The van der Waals surface area contributed by atoms with E-state index < -0.39 is 0 Å². The van der Waals surface area contributed by atoms with Crippen molar-refractivity contribution in [1.82, 2.24) is 10.2 Å². The summed E-state index contributed by atoms with van der Waals surface area (Å²) in [6.07, 6.45) is 0. The van der Waals surface area contributed by atoms with E-state index in [9.17, 15) is 5.11 Å². The molecule has 0 amide bonds. The predicted octanol–water partition coefficient (Wildman–Crippen LogP) is 1.46. The molecule has 0 aliphatic rings. The number of aromatic nitrogens is 2. The van der Waals surface area contributed by atoms with Crippen molar-refractivity contribution in [2.24, 2.45) is 0 Å². The zero-order valence-corrected chi connectivity index (χ0v) is 8.16. The Bertz CT molecular complexity index is 437. The van der Waals surface area contributed by atoms with Gasteiger partial charge in [-0.25, -0.2) is 0 Å². The largest absolute Gasteiger partial charge is 0.508 e. The van der Waals surface area contributed by atoms with Crippen molar-refractivity contribution in [3.8, 4) is 5.75 Å². The molecule has 12 heavy (non-hydrogen) atoms. The maximum atomic E-state index is 9.18. The Morgan fingerprint density at radius 2 is 2.25 bits per heavy atom. The van der Waals surface area contributed by atoms with E-state index in [1.54, 1.807) is 6.07 Å². The number of nitrogen functional groups attached to an aromatic ring is 1. The summed E-state index contributed by atoms with van der Waals surface area (Å²) < 4.78 is 0.889. The molecular weight excluding hydrogens is 269 g/mol. The minimum Gasteiger partial charge on any atom is -0.508 e. The highest BCUT2D eigenvalue weighted by molar-refractivity contribution is 14.1. The van der Waals surface area contributed by atoms with Crippen LogP contribution in [0.5, 0.6) is 5.75 Å². The van der Waals surface area contributed by atoms with Crippen molar-refractivity contribution in [3.05, 3.63) is 15.8 Å². The summed E-state index contributed by atoms with van der Waals surface area (Å²) in [6, 6.07) is 3.09. The molecule has 0 unspecified atom stereocenters. The van der Waals surface area contributed by atoms with Crippen LogP contribution in [-0.4, -0.2) is 15.3 Å². The van der Waals surface area contributed by atoms with E-state index in [0.29, 0.717) is 11.2 Å². The number of benzene rings is 1. The zero-order valence-electron chi connectivity index (χ0n) is 6.00. The third-order valence-electron chi connectivity index (χ3n) is 1.63. The number of hydrogen-bond acceptors (Lipinski definition) is 3. The number of H-pyrrole nitrogens is 1. The highest BCUT2D eigenvalue weighted by atomic mass is 127. The van der Waals surface area contributed by atoms with E-state index in [-0.39, 0.29) is 5.75 Å². The number of phenolic OH excluding ortho intramolecular Hbond substituents is 1. The molecule has 1 aromatic carbocycles. The smallest absolute Gasteiger partial charge is 0.119 e. The number of aromatic amines is 1. The van der Waals surface area contributed by atoms with Gasteiger partial charge in [0.1, 0.15) is 9.45 Å². The van der Waals surface area contributed by atoms with Gasteiger partial charge in [-0.05, 0) is 22.6 Å². The second-order valence-electron chi connectivity index (χ2n) is 2.47. The predicted molar refractivity (Wildman–Crippen MR) is 54.9 cm³/mol. The van der Waals surface area contributed by atoms with Crippen molar-refractivity contribution in [2.45, 2.75) is 0 Å². The maximum Gasteiger partial charge on any atom is 0.119 e. The molecule has 0 spiro atoms. The van der Waals surface area contributed by atoms with Crippen LogP contribution >= 0.6 is 22.6 Å². The number of nitrogens with one attached hydrogen (secondary N) is 1. The van der Waals surface area contributed by atoms with Crippen molar-refractivity contribution in [1.29, 1.82) is 0 Å². The van der Waals surface area contributed by atoms with Gasteiger partial charge in [0.05, 0.1) is 10.9 Å². The van der Waals surface area contributed by atoms with Gasteiger partial charge in [-0.2, -0.15) is 5.10 Å². The Labute approximate surface area is 81.9 Å². The average molecular weight is 275 g/mol. The number of rotatable bonds is 0. The normalized spacial score (nSPS) is 10.8. The molecule has 2 rings (SSSR count). The van der Waals surface area contributed by atoms with Gasteiger partial charge in [0.25, 0.3) is 0 Å². The van der Waals surface area contributed by atoms with Gasteiger partial charge in [0.2, 0.25) is 0 Å². The monoisotopic (exact) mass is 275 g/mol. The molecule has 4 nitrogen and oxygen atoms in total. The van der Waals surface area contributed by atoms with Crippen LogP contribution < -0.4 is 5.73 Å². The van der Waals surface area contributed by atoms with Crippen molar-refractivity contribution >= 4 is 39.2 Å². The fraction of sp³-hybridized carbons (Fsp3) is 0. The van der Waals surface area contributed by atoms with Crippen LogP contribution in [0, 0.1) is 3.70 Å². The lowest BCUT2D eigenvalue weighted by Gasteiger charge is -1.96. The Hall–Kier alpha value is -0.980.